The summed E-state index contributed by atoms with van der Waals surface area (Å²) in [6, 6.07) is 24.4. The predicted octanol–water partition coefficient (Wildman–Crippen LogP) is 3.88. The van der Waals surface area contributed by atoms with E-state index in [1.807, 2.05) is 92.7 Å². The van der Waals surface area contributed by atoms with Gasteiger partial charge in [-0.2, -0.15) is 0 Å². The molecule has 0 bridgehead atoms. The van der Waals surface area contributed by atoms with E-state index in [0.29, 0.717) is 5.69 Å². The van der Waals surface area contributed by atoms with Crippen LogP contribution in [0.5, 0.6) is 0 Å². The van der Waals surface area contributed by atoms with Crippen molar-refractivity contribution in [3.8, 4) is 0 Å². The molecule has 0 atom stereocenters. The summed E-state index contributed by atoms with van der Waals surface area (Å²) in [7, 11) is 0. The number of amides is 3. The molecule has 0 aliphatic carbocycles. The lowest BCUT2D eigenvalue weighted by atomic mass is 9.90. The highest BCUT2D eigenvalue weighted by molar-refractivity contribution is 7.80. The third-order valence-electron chi connectivity index (χ3n) is 5.45. The Kier molecular flexibility index (Phi) is 9.09. The van der Waals surface area contributed by atoms with Crippen molar-refractivity contribution >= 4 is 40.7 Å². The number of aryl methyl sites for hydroxylation is 2. The summed E-state index contributed by atoms with van der Waals surface area (Å²) in [5.41, 5.74) is 9.47. The van der Waals surface area contributed by atoms with Crippen LogP contribution in [0.15, 0.2) is 78.9 Å². The van der Waals surface area contributed by atoms with Gasteiger partial charge in [-0.25, -0.2) is 0 Å². The first kappa shape index (κ1) is 25.6. The Labute approximate surface area is 210 Å². The van der Waals surface area contributed by atoms with Gasteiger partial charge < -0.3 is 10.6 Å². The molecule has 3 rings (SSSR count). The van der Waals surface area contributed by atoms with Gasteiger partial charge in [0.25, 0.3) is 0 Å². The average molecular weight is 489 g/mol. The van der Waals surface area contributed by atoms with E-state index in [1.54, 1.807) is 0 Å². The van der Waals surface area contributed by atoms with Gasteiger partial charge in [-0.3, -0.25) is 25.2 Å². The summed E-state index contributed by atoms with van der Waals surface area (Å²) in [4.78, 5) is 37.3. The van der Waals surface area contributed by atoms with Gasteiger partial charge in [0.1, 0.15) is 0 Å². The molecule has 0 saturated carbocycles. The van der Waals surface area contributed by atoms with Crippen molar-refractivity contribution in [1.29, 1.82) is 0 Å². The third kappa shape index (κ3) is 7.75. The van der Waals surface area contributed by atoms with E-state index >= 15 is 0 Å². The molecule has 0 fully saturated rings. The number of hydrazine groups is 1. The zero-order valence-corrected chi connectivity index (χ0v) is 20.4. The number of anilines is 1. The van der Waals surface area contributed by atoms with Gasteiger partial charge in [-0.05, 0) is 60.5 Å². The molecule has 0 saturated heterocycles. The lowest BCUT2D eigenvalue weighted by molar-refractivity contribution is -0.124. The molecule has 35 heavy (non-hydrogen) atoms. The summed E-state index contributed by atoms with van der Waals surface area (Å²) < 4.78 is 0. The number of nitrogens with one attached hydrogen (secondary N) is 4. The summed E-state index contributed by atoms with van der Waals surface area (Å²) in [5, 5.41) is 5.36. The van der Waals surface area contributed by atoms with Crippen LogP contribution in [0.2, 0.25) is 0 Å². The predicted molar refractivity (Wildman–Crippen MR) is 141 cm³/mol. The average Bonchev–Trinajstić information content (AvgIpc) is 2.85. The van der Waals surface area contributed by atoms with Crippen molar-refractivity contribution in [3.63, 3.8) is 0 Å². The van der Waals surface area contributed by atoms with Crippen LogP contribution in [0, 0.1) is 13.8 Å². The number of hydrogen-bond donors (Lipinski definition) is 4. The van der Waals surface area contributed by atoms with E-state index < -0.39 is 11.8 Å². The normalized spacial score (nSPS) is 10.4. The maximum Gasteiger partial charge on any atom is 0.238 e. The Morgan fingerprint density at radius 2 is 1.31 bits per heavy atom. The molecule has 3 amide bonds. The molecule has 0 aliphatic heterocycles. The van der Waals surface area contributed by atoms with Crippen LogP contribution in [0.1, 0.15) is 41.0 Å². The van der Waals surface area contributed by atoms with Crippen molar-refractivity contribution in [2.75, 3.05) is 5.32 Å². The molecule has 4 N–H and O–H groups in total. The minimum Gasteiger partial charge on any atom is -0.326 e. The van der Waals surface area contributed by atoms with Gasteiger partial charge in [0.2, 0.25) is 17.7 Å². The molecular formula is C27H28N4O3S. The lowest BCUT2D eigenvalue weighted by Gasteiger charge is -2.18. The fraction of sp³-hybridized carbons (Fsp3) is 0.185. The summed E-state index contributed by atoms with van der Waals surface area (Å²) in [5.74, 6) is -1.60. The first-order valence-electron chi connectivity index (χ1n) is 11.2. The third-order valence-corrected chi connectivity index (χ3v) is 5.65. The molecular weight excluding hydrogens is 460 g/mol. The molecule has 0 spiro atoms. The Morgan fingerprint density at radius 3 is 1.89 bits per heavy atom. The Bertz CT molecular complexity index is 1160. The van der Waals surface area contributed by atoms with Gasteiger partial charge in [0, 0.05) is 18.5 Å². The quantitative estimate of drug-likeness (QED) is 0.299. The van der Waals surface area contributed by atoms with Gasteiger partial charge in [0.05, 0.1) is 5.92 Å². The number of rotatable bonds is 7. The molecule has 0 radical (unpaired) electrons. The second-order valence-electron chi connectivity index (χ2n) is 8.09. The molecule has 8 heteroatoms. The molecule has 0 aromatic heterocycles. The number of benzene rings is 3. The van der Waals surface area contributed by atoms with Crippen LogP contribution in [0.4, 0.5) is 5.69 Å². The minimum atomic E-state index is -0.568. The van der Waals surface area contributed by atoms with Gasteiger partial charge in [-0.1, -0.05) is 66.7 Å². The SMILES string of the molecule is Cc1ccc(NC(=O)CCC(=O)NNC(=S)NC(=O)C(c2ccccc2)c2ccccc2)cc1C. The van der Waals surface area contributed by atoms with Gasteiger partial charge >= 0.3 is 0 Å². The fourth-order valence-electron chi connectivity index (χ4n) is 3.46. The zero-order valence-electron chi connectivity index (χ0n) is 19.6. The van der Waals surface area contributed by atoms with E-state index in [9.17, 15) is 14.4 Å². The fourth-order valence-corrected chi connectivity index (χ4v) is 3.61. The van der Waals surface area contributed by atoms with E-state index in [4.69, 9.17) is 12.2 Å². The Balaban J connectivity index is 1.47. The first-order chi connectivity index (χ1) is 16.8. The molecule has 3 aromatic carbocycles. The largest absolute Gasteiger partial charge is 0.326 e. The van der Waals surface area contributed by atoms with Crippen LogP contribution in [-0.2, 0) is 14.4 Å². The van der Waals surface area contributed by atoms with Crippen molar-refractivity contribution in [2.24, 2.45) is 0 Å². The highest BCUT2D eigenvalue weighted by Gasteiger charge is 2.23. The van der Waals surface area contributed by atoms with Crippen LogP contribution < -0.4 is 21.5 Å². The van der Waals surface area contributed by atoms with Crippen LogP contribution in [0.25, 0.3) is 0 Å². The summed E-state index contributed by atoms with van der Waals surface area (Å²) >= 11 is 5.18. The molecule has 0 aliphatic rings. The molecule has 180 valence electrons. The zero-order chi connectivity index (χ0) is 25.2. The maximum atomic E-state index is 13.0. The summed E-state index contributed by atoms with van der Waals surface area (Å²) in [6.45, 7) is 3.96. The van der Waals surface area contributed by atoms with Crippen LogP contribution in [0.3, 0.4) is 0 Å². The van der Waals surface area contributed by atoms with E-state index in [2.05, 4.69) is 21.5 Å². The van der Waals surface area contributed by atoms with Gasteiger partial charge in [-0.15, -0.1) is 0 Å². The summed E-state index contributed by atoms with van der Waals surface area (Å²) in [6.07, 6.45) is -0.0411. The van der Waals surface area contributed by atoms with Crippen LogP contribution >= 0.6 is 12.2 Å². The van der Waals surface area contributed by atoms with Crippen molar-refractivity contribution in [1.82, 2.24) is 16.2 Å². The maximum absolute atomic E-state index is 13.0. The second-order valence-corrected chi connectivity index (χ2v) is 8.50. The molecule has 0 heterocycles. The van der Waals surface area contributed by atoms with Crippen molar-refractivity contribution in [3.05, 3.63) is 101 Å². The standard InChI is InChI=1S/C27H28N4O3S/c1-18-13-14-22(17-19(18)2)28-23(32)15-16-24(33)30-31-27(35)29-26(34)25(20-9-5-3-6-10-20)21-11-7-4-8-12-21/h3-14,17,25H,15-16H2,1-2H3,(H,28,32)(H,30,33)(H2,29,31,34,35). The van der Waals surface area contributed by atoms with Crippen molar-refractivity contribution in [2.45, 2.75) is 32.6 Å². The highest BCUT2D eigenvalue weighted by Crippen LogP contribution is 2.24. The molecule has 3 aromatic rings. The minimum absolute atomic E-state index is 0.00362. The number of carbonyl (C=O) groups excluding carboxylic acids is 3. The van der Waals surface area contributed by atoms with Gasteiger partial charge in [0.15, 0.2) is 5.11 Å². The molecule has 0 unspecified atom stereocenters. The number of hydrogen-bond acceptors (Lipinski definition) is 4. The van der Waals surface area contributed by atoms with Crippen molar-refractivity contribution < 1.29 is 14.4 Å². The van der Waals surface area contributed by atoms with E-state index in [0.717, 1.165) is 22.3 Å². The molecule has 7 nitrogen and oxygen atoms in total. The lowest BCUT2D eigenvalue weighted by Crippen LogP contribution is -2.49. The Morgan fingerprint density at radius 1 is 0.743 bits per heavy atom. The second kappa shape index (κ2) is 12.4. The van der Waals surface area contributed by atoms with E-state index in [-0.39, 0.29) is 29.8 Å². The van der Waals surface area contributed by atoms with E-state index in [1.165, 1.54) is 0 Å². The smallest absolute Gasteiger partial charge is 0.238 e. The number of carbonyl (C=O) groups is 3. The highest BCUT2D eigenvalue weighted by atomic mass is 32.1. The first-order valence-corrected chi connectivity index (χ1v) is 11.6. The Hall–Kier alpha value is -4.04. The topological polar surface area (TPSA) is 99.3 Å². The number of thiocarbonyl (C=S) groups is 1. The van der Waals surface area contributed by atoms with Crippen LogP contribution in [-0.4, -0.2) is 22.8 Å². The monoisotopic (exact) mass is 488 g/mol.